The number of rotatable bonds is 4. The van der Waals surface area contributed by atoms with E-state index in [1.165, 1.54) is 0 Å². The monoisotopic (exact) mass is 470 g/mol. The number of furan rings is 1. The maximum absolute atomic E-state index is 13.2. The van der Waals surface area contributed by atoms with E-state index in [-0.39, 0.29) is 5.09 Å². The van der Waals surface area contributed by atoms with Gasteiger partial charge in [-0.25, -0.2) is 0 Å². The van der Waals surface area contributed by atoms with Crippen LogP contribution in [0.5, 0.6) is 0 Å². The van der Waals surface area contributed by atoms with Crippen molar-refractivity contribution in [3.05, 3.63) is 58.7 Å². The molecule has 0 saturated carbocycles. The first kappa shape index (κ1) is 21.1. The molecule has 2 aromatic carbocycles. The summed E-state index contributed by atoms with van der Waals surface area (Å²) in [7, 11) is -3.94. The number of piperazine rings is 1. The van der Waals surface area contributed by atoms with Crippen LogP contribution in [0.4, 0.5) is 11.4 Å². The average molecular weight is 471 g/mol. The standard InChI is InChI=1S/C23H23ClN4O3S/c1-14-11-21(28-9-7-25-8-10-28)19-13-17(4-5-20(19)26-14)27-32(29,30)23-15(2)18-12-16(24)3-6-22(18)31-23/h3-6,11-13,25,27H,7-10H2,1-2H3. The molecule has 1 aliphatic rings. The minimum Gasteiger partial charge on any atom is -0.442 e. The van der Waals surface area contributed by atoms with Crippen LogP contribution >= 0.6 is 11.6 Å². The Morgan fingerprint density at radius 2 is 1.84 bits per heavy atom. The van der Waals surface area contributed by atoms with Crippen molar-refractivity contribution in [1.82, 2.24) is 10.3 Å². The predicted molar refractivity (Wildman–Crippen MR) is 128 cm³/mol. The van der Waals surface area contributed by atoms with E-state index in [1.54, 1.807) is 31.2 Å². The summed E-state index contributed by atoms with van der Waals surface area (Å²) in [6.07, 6.45) is 0. The highest BCUT2D eigenvalue weighted by molar-refractivity contribution is 7.92. The zero-order valence-electron chi connectivity index (χ0n) is 17.8. The predicted octanol–water partition coefficient (Wildman–Crippen LogP) is 4.46. The second-order valence-electron chi connectivity index (χ2n) is 8.01. The fourth-order valence-electron chi connectivity index (χ4n) is 4.20. The highest BCUT2D eigenvalue weighted by Crippen LogP contribution is 2.33. The number of aryl methyl sites for hydroxylation is 2. The number of hydrogen-bond donors (Lipinski definition) is 2. The van der Waals surface area contributed by atoms with Crippen molar-refractivity contribution in [2.75, 3.05) is 35.8 Å². The SMILES string of the molecule is Cc1cc(N2CCNCC2)c2cc(NS(=O)(=O)c3oc4ccc(Cl)cc4c3C)ccc2n1. The molecule has 2 N–H and O–H groups in total. The van der Waals surface area contributed by atoms with Gasteiger partial charge in [0.05, 0.1) is 5.52 Å². The summed E-state index contributed by atoms with van der Waals surface area (Å²) in [6.45, 7) is 7.27. The van der Waals surface area contributed by atoms with Crippen LogP contribution in [0.1, 0.15) is 11.3 Å². The molecule has 2 aromatic heterocycles. The van der Waals surface area contributed by atoms with Crippen molar-refractivity contribution in [3.8, 4) is 0 Å². The summed E-state index contributed by atoms with van der Waals surface area (Å²) in [5.74, 6) is 0. The molecule has 0 unspecified atom stereocenters. The van der Waals surface area contributed by atoms with Crippen molar-refractivity contribution in [1.29, 1.82) is 0 Å². The molecule has 1 saturated heterocycles. The molecule has 0 amide bonds. The first-order valence-electron chi connectivity index (χ1n) is 10.4. The quantitative estimate of drug-likeness (QED) is 0.458. The van der Waals surface area contributed by atoms with Gasteiger partial charge in [0.15, 0.2) is 0 Å². The number of nitrogens with one attached hydrogen (secondary N) is 2. The van der Waals surface area contributed by atoms with Gasteiger partial charge in [-0.1, -0.05) is 11.6 Å². The van der Waals surface area contributed by atoms with Gasteiger partial charge >= 0.3 is 0 Å². The Kier molecular flexibility index (Phi) is 5.23. The summed E-state index contributed by atoms with van der Waals surface area (Å²) in [4.78, 5) is 6.93. The first-order chi connectivity index (χ1) is 15.3. The Bertz CT molecular complexity index is 1440. The molecule has 0 spiro atoms. The van der Waals surface area contributed by atoms with Crippen molar-refractivity contribution in [3.63, 3.8) is 0 Å². The molecule has 0 aliphatic carbocycles. The van der Waals surface area contributed by atoms with E-state index in [4.69, 9.17) is 16.0 Å². The summed E-state index contributed by atoms with van der Waals surface area (Å²) >= 11 is 6.07. The van der Waals surface area contributed by atoms with Crippen LogP contribution in [-0.4, -0.2) is 39.6 Å². The number of sulfonamides is 1. The van der Waals surface area contributed by atoms with E-state index in [0.717, 1.165) is 48.5 Å². The van der Waals surface area contributed by atoms with Crippen LogP contribution in [0.25, 0.3) is 21.9 Å². The number of benzene rings is 2. The molecule has 32 heavy (non-hydrogen) atoms. The number of anilines is 2. The molecule has 0 bridgehead atoms. The number of pyridine rings is 1. The third-order valence-electron chi connectivity index (χ3n) is 5.72. The number of hydrogen-bond acceptors (Lipinski definition) is 6. The van der Waals surface area contributed by atoms with Gasteiger partial charge < -0.3 is 14.6 Å². The number of aromatic nitrogens is 1. The summed E-state index contributed by atoms with van der Waals surface area (Å²) in [5.41, 5.74) is 4.27. The average Bonchev–Trinajstić information content (AvgIpc) is 3.10. The van der Waals surface area contributed by atoms with Gasteiger partial charge in [0.25, 0.3) is 10.0 Å². The topological polar surface area (TPSA) is 87.5 Å². The zero-order valence-corrected chi connectivity index (χ0v) is 19.3. The molecule has 5 rings (SSSR count). The number of halogens is 1. The lowest BCUT2D eigenvalue weighted by molar-refractivity contribution is 0.479. The van der Waals surface area contributed by atoms with Gasteiger partial charge in [0, 0.05) is 64.6 Å². The molecule has 9 heteroatoms. The third-order valence-corrected chi connectivity index (χ3v) is 7.34. The van der Waals surface area contributed by atoms with Crippen LogP contribution in [-0.2, 0) is 10.0 Å². The van der Waals surface area contributed by atoms with E-state index in [0.29, 0.717) is 27.2 Å². The number of nitrogens with zero attached hydrogens (tertiary/aromatic N) is 2. The van der Waals surface area contributed by atoms with Crippen molar-refractivity contribution in [2.45, 2.75) is 18.9 Å². The number of fused-ring (bicyclic) bond motifs is 2. The lowest BCUT2D eigenvalue weighted by Gasteiger charge is -2.30. The van der Waals surface area contributed by atoms with Crippen LogP contribution in [0.15, 0.2) is 52.0 Å². The summed E-state index contributed by atoms with van der Waals surface area (Å²) < 4.78 is 34.7. The van der Waals surface area contributed by atoms with Gasteiger partial charge in [-0.3, -0.25) is 9.71 Å². The van der Waals surface area contributed by atoms with Crippen molar-refractivity contribution in [2.24, 2.45) is 0 Å². The van der Waals surface area contributed by atoms with Crippen LogP contribution in [0, 0.1) is 13.8 Å². The third kappa shape index (κ3) is 3.79. The second kappa shape index (κ2) is 7.95. The van der Waals surface area contributed by atoms with Crippen LogP contribution in [0.3, 0.4) is 0 Å². The lowest BCUT2D eigenvalue weighted by atomic mass is 10.1. The van der Waals surface area contributed by atoms with Gasteiger partial charge in [-0.15, -0.1) is 0 Å². The van der Waals surface area contributed by atoms with E-state index >= 15 is 0 Å². The Morgan fingerprint density at radius 1 is 1.06 bits per heavy atom. The lowest BCUT2D eigenvalue weighted by Crippen LogP contribution is -2.43. The highest BCUT2D eigenvalue weighted by atomic mass is 35.5. The molecule has 1 aliphatic heterocycles. The smallest absolute Gasteiger partial charge is 0.295 e. The maximum Gasteiger partial charge on any atom is 0.295 e. The maximum atomic E-state index is 13.2. The van der Waals surface area contributed by atoms with E-state index in [9.17, 15) is 8.42 Å². The fraction of sp³-hybridized carbons (Fsp3) is 0.261. The summed E-state index contributed by atoms with van der Waals surface area (Å²) in [5, 5.41) is 5.36. The molecule has 3 heterocycles. The van der Waals surface area contributed by atoms with Crippen molar-refractivity contribution >= 4 is 54.9 Å². The van der Waals surface area contributed by atoms with Gasteiger partial charge in [-0.05, 0) is 56.3 Å². The molecule has 0 atom stereocenters. The van der Waals surface area contributed by atoms with Gasteiger partial charge in [0.2, 0.25) is 5.09 Å². The van der Waals surface area contributed by atoms with Crippen molar-refractivity contribution < 1.29 is 12.8 Å². The zero-order chi connectivity index (χ0) is 22.5. The largest absolute Gasteiger partial charge is 0.442 e. The van der Waals surface area contributed by atoms with Gasteiger partial charge in [-0.2, -0.15) is 8.42 Å². The highest BCUT2D eigenvalue weighted by Gasteiger charge is 2.25. The molecular weight excluding hydrogens is 448 g/mol. The molecular formula is C23H23ClN4O3S. The molecule has 0 radical (unpaired) electrons. The second-order valence-corrected chi connectivity index (χ2v) is 10.0. The minimum atomic E-state index is -3.94. The van der Waals surface area contributed by atoms with Crippen LogP contribution in [0.2, 0.25) is 5.02 Å². The normalized spacial score (nSPS) is 14.9. The van der Waals surface area contributed by atoms with Gasteiger partial charge in [0.1, 0.15) is 5.58 Å². The van der Waals surface area contributed by atoms with E-state index < -0.39 is 10.0 Å². The van der Waals surface area contributed by atoms with E-state index in [2.05, 4.69) is 26.0 Å². The Morgan fingerprint density at radius 3 is 2.62 bits per heavy atom. The van der Waals surface area contributed by atoms with Crippen LogP contribution < -0.4 is 14.9 Å². The Hall–Kier alpha value is -2.81. The minimum absolute atomic E-state index is 0.112. The Labute approximate surface area is 191 Å². The Balaban J connectivity index is 1.55. The molecule has 4 aromatic rings. The molecule has 1 fully saturated rings. The van der Waals surface area contributed by atoms with E-state index in [1.807, 2.05) is 19.1 Å². The fourth-order valence-corrected chi connectivity index (χ4v) is 5.61. The molecule has 166 valence electrons. The molecule has 7 nitrogen and oxygen atoms in total. The first-order valence-corrected chi connectivity index (χ1v) is 12.3. The summed E-state index contributed by atoms with van der Waals surface area (Å²) in [6, 6.07) is 12.5.